The maximum absolute atomic E-state index is 12.5. The molecule has 5 nitrogen and oxygen atoms in total. The Labute approximate surface area is 206 Å². The van der Waals surface area contributed by atoms with Crippen LogP contribution < -0.4 is 5.32 Å². The zero-order chi connectivity index (χ0) is 24.2. The van der Waals surface area contributed by atoms with Crippen molar-refractivity contribution in [2.75, 3.05) is 5.75 Å². The van der Waals surface area contributed by atoms with E-state index in [9.17, 15) is 4.79 Å². The Morgan fingerprint density at radius 3 is 2.53 bits per heavy atom. The molecule has 1 atom stereocenters. The Kier molecular flexibility index (Phi) is 7.37. The fourth-order valence-corrected chi connectivity index (χ4v) is 4.79. The molecule has 0 fully saturated rings. The lowest BCUT2D eigenvalue weighted by molar-refractivity contribution is -0.119. The number of nitrogens with one attached hydrogen (secondary N) is 1. The number of amides is 1. The standard InChI is InChI=1S/C28H32N4OS/c1-18(2)21(5)29-27(33)17-34-28-31-30-26(32(28)25-14-13-19(3)15-20(25)4)16-23-11-8-10-22-9-6-7-12-24(22)23/h6-15,18,21H,16-17H2,1-5H3,(H,29,33)/t21-/m0/s1. The van der Waals surface area contributed by atoms with E-state index in [0.717, 1.165) is 22.2 Å². The van der Waals surface area contributed by atoms with Crippen LogP contribution in [-0.2, 0) is 11.2 Å². The molecule has 3 aromatic carbocycles. The van der Waals surface area contributed by atoms with Gasteiger partial charge < -0.3 is 5.32 Å². The van der Waals surface area contributed by atoms with Gasteiger partial charge in [0.25, 0.3) is 0 Å². The van der Waals surface area contributed by atoms with Gasteiger partial charge in [-0.2, -0.15) is 0 Å². The van der Waals surface area contributed by atoms with Gasteiger partial charge in [0, 0.05) is 12.5 Å². The van der Waals surface area contributed by atoms with Crippen LogP contribution in [0.5, 0.6) is 0 Å². The molecule has 1 heterocycles. The van der Waals surface area contributed by atoms with Crippen molar-refractivity contribution in [3.63, 3.8) is 0 Å². The normalized spacial score (nSPS) is 12.3. The largest absolute Gasteiger partial charge is 0.353 e. The summed E-state index contributed by atoms with van der Waals surface area (Å²) in [5.74, 6) is 1.56. The number of hydrogen-bond donors (Lipinski definition) is 1. The minimum absolute atomic E-state index is 0.0111. The molecule has 0 aliphatic carbocycles. The number of aryl methyl sites for hydroxylation is 2. The first-order valence-electron chi connectivity index (χ1n) is 11.7. The summed E-state index contributed by atoms with van der Waals surface area (Å²) in [5, 5.41) is 15.3. The molecule has 0 unspecified atom stereocenters. The van der Waals surface area contributed by atoms with E-state index in [2.05, 4.69) is 108 Å². The third-order valence-corrected chi connectivity index (χ3v) is 7.17. The molecule has 1 amide bonds. The first-order chi connectivity index (χ1) is 16.3. The predicted molar refractivity (Wildman–Crippen MR) is 141 cm³/mol. The molecule has 0 saturated carbocycles. The smallest absolute Gasteiger partial charge is 0.230 e. The molecule has 1 aromatic heterocycles. The predicted octanol–water partition coefficient (Wildman–Crippen LogP) is 5.88. The van der Waals surface area contributed by atoms with Gasteiger partial charge in [0.2, 0.25) is 5.91 Å². The molecular weight excluding hydrogens is 440 g/mol. The summed E-state index contributed by atoms with van der Waals surface area (Å²) in [6.07, 6.45) is 0.652. The van der Waals surface area contributed by atoms with Crippen molar-refractivity contribution < 1.29 is 4.79 Å². The molecular formula is C28H32N4OS. The van der Waals surface area contributed by atoms with E-state index < -0.39 is 0 Å². The van der Waals surface area contributed by atoms with E-state index in [0.29, 0.717) is 18.1 Å². The van der Waals surface area contributed by atoms with E-state index in [1.807, 2.05) is 6.92 Å². The lowest BCUT2D eigenvalue weighted by Gasteiger charge is -2.17. The topological polar surface area (TPSA) is 59.8 Å². The highest BCUT2D eigenvalue weighted by Gasteiger charge is 2.19. The van der Waals surface area contributed by atoms with Crippen molar-refractivity contribution >= 4 is 28.4 Å². The van der Waals surface area contributed by atoms with Crippen LogP contribution in [0.2, 0.25) is 0 Å². The van der Waals surface area contributed by atoms with Crippen LogP contribution in [0.3, 0.4) is 0 Å². The maximum Gasteiger partial charge on any atom is 0.230 e. The molecule has 4 aromatic rings. The number of hydrogen-bond acceptors (Lipinski definition) is 4. The van der Waals surface area contributed by atoms with Gasteiger partial charge in [-0.15, -0.1) is 10.2 Å². The molecule has 0 spiro atoms. The van der Waals surface area contributed by atoms with Crippen molar-refractivity contribution in [3.8, 4) is 5.69 Å². The van der Waals surface area contributed by atoms with Crippen molar-refractivity contribution in [2.45, 2.75) is 52.2 Å². The summed E-state index contributed by atoms with van der Waals surface area (Å²) >= 11 is 1.43. The van der Waals surface area contributed by atoms with Crippen LogP contribution in [0, 0.1) is 19.8 Å². The molecule has 176 valence electrons. The van der Waals surface area contributed by atoms with Gasteiger partial charge in [-0.1, -0.05) is 85.8 Å². The number of carbonyl (C=O) groups excluding carboxylic acids is 1. The lowest BCUT2D eigenvalue weighted by Crippen LogP contribution is -2.37. The second-order valence-electron chi connectivity index (χ2n) is 9.23. The van der Waals surface area contributed by atoms with Crippen molar-refractivity contribution in [1.82, 2.24) is 20.1 Å². The van der Waals surface area contributed by atoms with Gasteiger partial charge in [-0.3, -0.25) is 9.36 Å². The van der Waals surface area contributed by atoms with Crippen LogP contribution in [0.1, 0.15) is 43.3 Å². The number of benzene rings is 3. The molecule has 4 rings (SSSR count). The van der Waals surface area contributed by atoms with Gasteiger partial charge in [0.15, 0.2) is 5.16 Å². The van der Waals surface area contributed by atoms with E-state index in [1.165, 1.54) is 33.7 Å². The van der Waals surface area contributed by atoms with E-state index >= 15 is 0 Å². The highest BCUT2D eigenvalue weighted by Crippen LogP contribution is 2.28. The Bertz CT molecular complexity index is 1310. The second kappa shape index (κ2) is 10.4. The monoisotopic (exact) mass is 472 g/mol. The SMILES string of the molecule is Cc1ccc(-n2c(Cc3cccc4ccccc34)nnc2SCC(=O)N[C@@H](C)C(C)C)c(C)c1. The highest BCUT2D eigenvalue weighted by molar-refractivity contribution is 7.99. The molecule has 0 aliphatic heterocycles. The fourth-order valence-electron chi connectivity index (χ4n) is 4.02. The minimum Gasteiger partial charge on any atom is -0.353 e. The van der Waals surface area contributed by atoms with Crippen LogP contribution in [-0.4, -0.2) is 32.5 Å². The van der Waals surface area contributed by atoms with Gasteiger partial charge in [0.05, 0.1) is 11.4 Å². The molecule has 0 radical (unpaired) electrons. The molecule has 1 N–H and O–H groups in total. The van der Waals surface area contributed by atoms with Gasteiger partial charge in [0.1, 0.15) is 5.82 Å². The van der Waals surface area contributed by atoms with Crippen LogP contribution >= 0.6 is 11.8 Å². The number of aromatic nitrogens is 3. The molecule has 0 saturated heterocycles. The van der Waals surface area contributed by atoms with Gasteiger partial charge in [-0.25, -0.2) is 0 Å². The lowest BCUT2D eigenvalue weighted by atomic mass is 10.0. The average Bonchev–Trinajstić information content (AvgIpc) is 3.20. The number of nitrogens with zero attached hydrogens (tertiary/aromatic N) is 3. The molecule has 0 aliphatic rings. The summed E-state index contributed by atoms with van der Waals surface area (Å²) in [5.41, 5.74) is 4.61. The van der Waals surface area contributed by atoms with Crippen LogP contribution in [0.4, 0.5) is 0 Å². The molecule has 0 bridgehead atoms. The Balaban J connectivity index is 1.68. The summed E-state index contributed by atoms with van der Waals surface area (Å²) in [4.78, 5) is 12.5. The summed E-state index contributed by atoms with van der Waals surface area (Å²) < 4.78 is 2.11. The Morgan fingerprint density at radius 2 is 1.76 bits per heavy atom. The summed E-state index contributed by atoms with van der Waals surface area (Å²) in [6.45, 7) is 10.4. The van der Waals surface area contributed by atoms with Crippen molar-refractivity contribution in [3.05, 3.63) is 83.2 Å². The Hall–Kier alpha value is -3.12. The Morgan fingerprint density at radius 1 is 1.00 bits per heavy atom. The van der Waals surface area contributed by atoms with Crippen molar-refractivity contribution in [1.29, 1.82) is 0 Å². The van der Waals surface area contributed by atoms with Crippen LogP contribution in [0.15, 0.2) is 65.8 Å². The first kappa shape index (κ1) is 24.0. The van der Waals surface area contributed by atoms with Gasteiger partial charge >= 0.3 is 0 Å². The molecule has 34 heavy (non-hydrogen) atoms. The average molecular weight is 473 g/mol. The van der Waals surface area contributed by atoms with E-state index in [4.69, 9.17) is 0 Å². The fraction of sp³-hybridized carbons (Fsp3) is 0.321. The van der Waals surface area contributed by atoms with E-state index in [1.54, 1.807) is 0 Å². The van der Waals surface area contributed by atoms with Gasteiger partial charge in [-0.05, 0) is 54.7 Å². The second-order valence-corrected chi connectivity index (χ2v) is 10.2. The van der Waals surface area contributed by atoms with Crippen LogP contribution in [0.25, 0.3) is 16.5 Å². The zero-order valence-corrected chi connectivity index (χ0v) is 21.3. The van der Waals surface area contributed by atoms with E-state index in [-0.39, 0.29) is 11.9 Å². The zero-order valence-electron chi connectivity index (χ0n) is 20.5. The number of rotatable bonds is 8. The summed E-state index contributed by atoms with van der Waals surface area (Å²) in [6, 6.07) is 21.3. The summed E-state index contributed by atoms with van der Waals surface area (Å²) in [7, 11) is 0. The number of thioether (sulfide) groups is 1. The third-order valence-electron chi connectivity index (χ3n) is 6.24. The van der Waals surface area contributed by atoms with Crippen molar-refractivity contribution in [2.24, 2.45) is 5.92 Å². The number of fused-ring (bicyclic) bond motifs is 1. The highest BCUT2D eigenvalue weighted by atomic mass is 32.2. The first-order valence-corrected chi connectivity index (χ1v) is 12.7. The number of carbonyl (C=O) groups is 1. The quantitative estimate of drug-likeness (QED) is 0.325. The molecule has 6 heteroatoms. The third kappa shape index (κ3) is 5.33. The maximum atomic E-state index is 12.5. The minimum atomic E-state index is 0.0111.